The number of nitro benzene ring substituents is 1. The zero-order valence-electron chi connectivity index (χ0n) is 18.7. The van der Waals surface area contributed by atoms with E-state index in [2.05, 4.69) is 5.32 Å². The van der Waals surface area contributed by atoms with Crippen LogP contribution < -0.4 is 15.0 Å². The van der Waals surface area contributed by atoms with Gasteiger partial charge in [0.15, 0.2) is 5.75 Å². The molecule has 0 atom stereocenters. The van der Waals surface area contributed by atoms with Crippen LogP contribution in [0, 0.1) is 17.0 Å². The summed E-state index contributed by atoms with van der Waals surface area (Å²) in [6.07, 6.45) is 1.28. The minimum atomic E-state index is -0.850. The average Bonchev–Trinajstić information content (AvgIpc) is 2.82. The second-order valence-corrected chi connectivity index (χ2v) is 8.63. The molecule has 4 amide bonds. The largest absolute Gasteiger partial charge is 0.486 e. The lowest BCUT2D eigenvalue weighted by molar-refractivity contribution is -0.384. The van der Waals surface area contributed by atoms with Crippen LogP contribution in [0.2, 0.25) is 10.0 Å². The van der Waals surface area contributed by atoms with E-state index >= 15 is 0 Å². The van der Waals surface area contributed by atoms with E-state index in [1.807, 2.05) is 6.92 Å². The highest BCUT2D eigenvalue weighted by Crippen LogP contribution is 2.36. The van der Waals surface area contributed by atoms with E-state index < -0.39 is 22.8 Å². The molecule has 36 heavy (non-hydrogen) atoms. The number of hydrogen-bond donors (Lipinski definition) is 1. The van der Waals surface area contributed by atoms with Crippen LogP contribution in [0.15, 0.2) is 66.2 Å². The fourth-order valence-corrected chi connectivity index (χ4v) is 4.04. The van der Waals surface area contributed by atoms with Crippen molar-refractivity contribution >= 4 is 58.5 Å². The predicted molar refractivity (Wildman–Crippen MR) is 134 cm³/mol. The minimum absolute atomic E-state index is 0.0452. The predicted octanol–water partition coefficient (Wildman–Crippen LogP) is 5.46. The molecule has 0 aliphatic carbocycles. The number of carbonyl (C=O) groups excluding carboxylic acids is 3. The van der Waals surface area contributed by atoms with Gasteiger partial charge in [0.25, 0.3) is 17.5 Å². The standard InChI is InChI=1S/C25H17Cl2N3O6/c1-14-2-6-17(7-3-14)29-24(32)19(23(31)28-25(29)33)10-16-11-20(26)22(21(27)12-16)36-13-15-4-8-18(9-5-15)30(34)35/h2-12H,13H2,1H3,(H,28,31,33)/b19-10+. The SMILES string of the molecule is Cc1ccc(N2C(=O)NC(=O)/C(=C\c3cc(Cl)c(OCc4ccc([N+](=O)[O-])cc4)c(Cl)c3)C2=O)cc1. The molecule has 1 saturated heterocycles. The van der Waals surface area contributed by atoms with Gasteiger partial charge in [0.2, 0.25) is 0 Å². The van der Waals surface area contributed by atoms with Crippen molar-refractivity contribution in [1.82, 2.24) is 5.32 Å². The van der Waals surface area contributed by atoms with Crippen molar-refractivity contribution < 1.29 is 24.0 Å². The molecule has 3 aromatic carbocycles. The molecule has 1 N–H and O–H groups in total. The van der Waals surface area contributed by atoms with E-state index in [0.29, 0.717) is 16.8 Å². The molecule has 9 nitrogen and oxygen atoms in total. The van der Waals surface area contributed by atoms with Gasteiger partial charge in [-0.1, -0.05) is 40.9 Å². The highest BCUT2D eigenvalue weighted by molar-refractivity contribution is 6.40. The Kier molecular flexibility index (Phi) is 7.05. The Labute approximate surface area is 215 Å². The zero-order chi connectivity index (χ0) is 26.0. The Bertz CT molecular complexity index is 1400. The molecule has 0 unspecified atom stereocenters. The average molecular weight is 526 g/mol. The van der Waals surface area contributed by atoms with Gasteiger partial charge in [-0.3, -0.25) is 25.0 Å². The third-order valence-electron chi connectivity index (χ3n) is 5.26. The molecule has 1 aliphatic heterocycles. The molecule has 1 fully saturated rings. The highest BCUT2D eigenvalue weighted by atomic mass is 35.5. The summed E-state index contributed by atoms with van der Waals surface area (Å²) in [5.41, 5.74) is 1.93. The summed E-state index contributed by atoms with van der Waals surface area (Å²) in [5.74, 6) is -1.48. The molecule has 0 saturated carbocycles. The summed E-state index contributed by atoms with van der Waals surface area (Å²) in [6.45, 7) is 1.91. The Morgan fingerprint density at radius 1 is 1.00 bits per heavy atom. The lowest BCUT2D eigenvalue weighted by Crippen LogP contribution is -2.54. The van der Waals surface area contributed by atoms with Crippen LogP contribution in [0.1, 0.15) is 16.7 Å². The molecular weight excluding hydrogens is 509 g/mol. The topological polar surface area (TPSA) is 119 Å². The summed E-state index contributed by atoms with van der Waals surface area (Å²) in [7, 11) is 0. The van der Waals surface area contributed by atoms with Gasteiger partial charge in [-0.2, -0.15) is 0 Å². The molecule has 3 aromatic rings. The van der Waals surface area contributed by atoms with Crippen LogP contribution >= 0.6 is 23.2 Å². The van der Waals surface area contributed by atoms with Gasteiger partial charge >= 0.3 is 6.03 Å². The smallest absolute Gasteiger partial charge is 0.335 e. The minimum Gasteiger partial charge on any atom is -0.486 e. The third kappa shape index (κ3) is 5.22. The van der Waals surface area contributed by atoms with Crippen molar-refractivity contribution in [2.45, 2.75) is 13.5 Å². The quantitative estimate of drug-likeness (QED) is 0.197. The first-order chi connectivity index (χ1) is 17.1. The number of nitrogens with one attached hydrogen (secondary N) is 1. The van der Waals surface area contributed by atoms with Crippen LogP contribution in [0.3, 0.4) is 0 Å². The number of urea groups is 1. The van der Waals surface area contributed by atoms with Crippen LogP contribution in [-0.4, -0.2) is 22.8 Å². The van der Waals surface area contributed by atoms with Gasteiger partial charge in [0, 0.05) is 12.1 Å². The second kappa shape index (κ2) is 10.2. The number of aryl methyl sites for hydroxylation is 1. The lowest BCUT2D eigenvalue weighted by Gasteiger charge is -2.26. The third-order valence-corrected chi connectivity index (χ3v) is 5.82. The maximum Gasteiger partial charge on any atom is 0.335 e. The lowest BCUT2D eigenvalue weighted by atomic mass is 10.1. The Morgan fingerprint density at radius 3 is 2.19 bits per heavy atom. The van der Waals surface area contributed by atoms with Crippen molar-refractivity contribution in [2.24, 2.45) is 0 Å². The van der Waals surface area contributed by atoms with Crippen molar-refractivity contribution in [3.63, 3.8) is 0 Å². The number of barbiturate groups is 1. The number of anilines is 1. The number of hydrogen-bond acceptors (Lipinski definition) is 6. The summed E-state index contributed by atoms with van der Waals surface area (Å²) >= 11 is 12.7. The molecule has 0 aromatic heterocycles. The molecule has 0 spiro atoms. The summed E-state index contributed by atoms with van der Waals surface area (Å²) in [6, 6.07) is 14.6. The fourth-order valence-electron chi connectivity index (χ4n) is 3.42. The van der Waals surface area contributed by atoms with Crippen molar-refractivity contribution in [3.8, 4) is 5.75 Å². The number of nitro groups is 1. The molecule has 0 radical (unpaired) electrons. The van der Waals surface area contributed by atoms with Gasteiger partial charge in [-0.25, -0.2) is 9.69 Å². The summed E-state index contributed by atoms with van der Waals surface area (Å²) in [5, 5.41) is 13.2. The summed E-state index contributed by atoms with van der Waals surface area (Å²) < 4.78 is 5.69. The first-order valence-corrected chi connectivity index (χ1v) is 11.2. The van der Waals surface area contributed by atoms with E-state index in [4.69, 9.17) is 27.9 Å². The first-order valence-electron chi connectivity index (χ1n) is 10.5. The molecule has 182 valence electrons. The number of nitrogens with zero attached hydrogens (tertiary/aromatic N) is 2. The van der Waals surface area contributed by atoms with Gasteiger partial charge in [-0.15, -0.1) is 0 Å². The van der Waals surface area contributed by atoms with Gasteiger partial charge in [0.1, 0.15) is 12.2 Å². The fraction of sp³-hybridized carbons (Fsp3) is 0.0800. The Morgan fingerprint density at radius 2 is 1.61 bits per heavy atom. The number of rotatable bonds is 6. The molecule has 1 aliphatic rings. The summed E-state index contributed by atoms with van der Waals surface area (Å²) in [4.78, 5) is 49.0. The van der Waals surface area contributed by atoms with Crippen molar-refractivity contribution in [2.75, 3.05) is 4.90 Å². The maximum atomic E-state index is 13.0. The van der Waals surface area contributed by atoms with Gasteiger partial charge in [0.05, 0.1) is 20.7 Å². The molecule has 1 heterocycles. The monoisotopic (exact) mass is 525 g/mol. The highest BCUT2D eigenvalue weighted by Gasteiger charge is 2.36. The number of non-ortho nitro benzene ring substituents is 1. The van der Waals surface area contributed by atoms with Gasteiger partial charge < -0.3 is 4.74 Å². The molecular formula is C25H17Cl2N3O6. The van der Waals surface area contributed by atoms with Crippen LogP contribution in [0.4, 0.5) is 16.2 Å². The van der Waals surface area contributed by atoms with Crippen LogP contribution in [0.25, 0.3) is 6.08 Å². The number of imide groups is 2. The number of carbonyl (C=O) groups is 3. The number of amides is 4. The second-order valence-electron chi connectivity index (χ2n) is 7.82. The normalized spacial score (nSPS) is 14.7. The maximum absolute atomic E-state index is 13.0. The van der Waals surface area contributed by atoms with E-state index in [-0.39, 0.29) is 33.7 Å². The van der Waals surface area contributed by atoms with Crippen molar-refractivity contribution in [3.05, 3.63) is 103 Å². The Hall–Kier alpha value is -4.21. The molecule has 11 heteroatoms. The zero-order valence-corrected chi connectivity index (χ0v) is 20.2. The number of halogens is 2. The van der Waals surface area contributed by atoms with Gasteiger partial charge in [-0.05, 0) is 60.5 Å². The number of ether oxygens (including phenoxy) is 1. The van der Waals surface area contributed by atoms with Crippen LogP contribution in [0.5, 0.6) is 5.75 Å². The van der Waals surface area contributed by atoms with E-state index in [1.54, 1.807) is 36.4 Å². The van der Waals surface area contributed by atoms with Crippen LogP contribution in [-0.2, 0) is 16.2 Å². The molecule has 4 rings (SSSR count). The van der Waals surface area contributed by atoms with Crippen molar-refractivity contribution in [1.29, 1.82) is 0 Å². The molecule has 0 bridgehead atoms. The first kappa shape index (κ1) is 24.9. The Balaban J connectivity index is 1.57. The van der Waals surface area contributed by atoms with E-state index in [0.717, 1.165) is 10.5 Å². The van der Waals surface area contributed by atoms with E-state index in [1.165, 1.54) is 30.3 Å². The number of benzene rings is 3. The van der Waals surface area contributed by atoms with E-state index in [9.17, 15) is 24.5 Å².